The summed E-state index contributed by atoms with van der Waals surface area (Å²) in [4.78, 5) is 12.9. The predicted molar refractivity (Wildman–Crippen MR) is 134 cm³/mol. The van der Waals surface area contributed by atoms with Crippen LogP contribution in [0, 0.1) is 6.92 Å². The summed E-state index contributed by atoms with van der Waals surface area (Å²) in [7, 11) is 0. The number of rotatable bonds is 6. The molecule has 2 saturated heterocycles. The van der Waals surface area contributed by atoms with Crippen LogP contribution in [0.5, 0.6) is 5.88 Å². The summed E-state index contributed by atoms with van der Waals surface area (Å²) in [6.07, 6.45) is 10.3. The molecule has 35 heavy (non-hydrogen) atoms. The van der Waals surface area contributed by atoms with Gasteiger partial charge < -0.3 is 19.5 Å². The van der Waals surface area contributed by atoms with Gasteiger partial charge in [-0.2, -0.15) is 19.4 Å². The largest absolute Gasteiger partial charge is 0.474 e. The lowest BCUT2D eigenvalue weighted by atomic mass is 9.91. The third kappa shape index (κ3) is 5.13. The molecular weight excluding hydrogens is 466 g/mol. The van der Waals surface area contributed by atoms with Crippen molar-refractivity contribution in [2.24, 2.45) is 0 Å². The molecular formula is C24H33N7O3S. The lowest BCUT2D eigenvalue weighted by Gasteiger charge is -2.38. The number of nitrogens with one attached hydrogen (secondary N) is 1. The van der Waals surface area contributed by atoms with Crippen molar-refractivity contribution in [2.45, 2.75) is 63.6 Å². The molecule has 1 N–H and O–H groups in total. The average Bonchev–Trinajstić information content (AvgIpc) is 3.52. The Morgan fingerprint density at radius 2 is 1.74 bits per heavy atom. The van der Waals surface area contributed by atoms with Crippen LogP contribution in [0.3, 0.4) is 0 Å². The molecule has 0 aromatic carbocycles. The van der Waals surface area contributed by atoms with Crippen LogP contribution in [0.25, 0.3) is 10.2 Å². The van der Waals surface area contributed by atoms with Crippen LogP contribution in [0.2, 0.25) is 0 Å². The first-order chi connectivity index (χ1) is 17.2. The van der Waals surface area contributed by atoms with E-state index in [0.29, 0.717) is 23.9 Å². The van der Waals surface area contributed by atoms with Gasteiger partial charge in [0.25, 0.3) is 0 Å². The minimum Gasteiger partial charge on any atom is -0.474 e. The summed E-state index contributed by atoms with van der Waals surface area (Å²) in [5.41, 5.74) is 1.79. The van der Waals surface area contributed by atoms with Gasteiger partial charge in [-0.15, -0.1) is 0 Å². The molecule has 5 heterocycles. The number of aromatic nitrogens is 5. The van der Waals surface area contributed by atoms with Gasteiger partial charge in [0.05, 0.1) is 42.2 Å². The van der Waals surface area contributed by atoms with Crippen molar-refractivity contribution in [1.82, 2.24) is 29.0 Å². The van der Waals surface area contributed by atoms with E-state index in [2.05, 4.69) is 19.7 Å². The maximum Gasteiger partial charge on any atom is 0.232 e. The first-order valence-electron chi connectivity index (χ1n) is 12.7. The molecule has 3 aliphatic rings. The zero-order valence-electron chi connectivity index (χ0n) is 20.2. The number of morpholine rings is 1. The summed E-state index contributed by atoms with van der Waals surface area (Å²) < 4.78 is 24.1. The van der Waals surface area contributed by atoms with E-state index in [1.165, 1.54) is 11.5 Å². The van der Waals surface area contributed by atoms with E-state index >= 15 is 0 Å². The number of hydrogen-bond acceptors (Lipinski definition) is 10. The Morgan fingerprint density at radius 1 is 0.971 bits per heavy atom. The molecule has 188 valence electrons. The Kier molecular flexibility index (Phi) is 6.82. The Balaban J connectivity index is 1.15. The highest BCUT2D eigenvalue weighted by Gasteiger charge is 2.29. The summed E-state index contributed by atoms with van der Waals surface area (Å²) in [5.74, 6) is 1.15. The fourth-order valence-electron chi connectivity index (χ4n) is 5.40. The maximum atomic E-state index is 6.52. The average molecular weight is 500 g/mol. The molecule has 0 spiro atoms. The lowest BCUT2D eigenvalue weighted by molar-refractivity contribution is -0.00124. The van der Waals surface area contributed by atoms with E-state index in [9.17, 15) is 0 Å². The van der Waals surface area contributed by atoms with Gasteiger partial charge in [0.15, 0.2) is 4.83 Å². The fourth-order valence-corrected chi connectivity index (χ4v) is 6.17. The molecule has 11 heteroatoms. The Hall–Kier alpha value is -2.34. The SMILES string of the molecule is Cc1nsc2nc(Nc3cnn(C4CCOCC4)c3)nc(OC3CCC(N4CCOCC4)CC3)c12. The second kappa shape index (κ2) is 10.3. The van der Waals surface area contributed by atoms with Crippen molar-refractivity contribution < 1.29 is 14.2 Å². The lowest BCUT2D eigenvalue weighted by Crippen LogP contribution is -2.46. The third-order valence-electron chi connectivity index (χ3n) is 7.38. The summed E-state index contributed by atoms with van der Waals surface area (Å²) in [6, 6.07) is 1.01. The number of fused-ring (bicyclic) bond motifs is 1. The Morgan fingerprint density at radius 3 is 2.54 bits per heavy atom. The number of hydrogen-bond donors (Lipinski definition) is 1. The summed E-state index contributed by atoms with van der Waals surface area (Å²) in [5, 5.41) is 8.82. The molecule has 2 aliphatic heterocycles. The molecule has 0 unspecified atom stereocenters. The second-order valence-corrected chi connectivity index (χ2v) is 10.4. The van der Waals surface area contributed by atoms with Gasteiger partial charge in [0.2, 0.25) is 11.8 Å². The monoisotopic (exact) mass is 499 g/mol. The van der Waals surface area contributed by atoms with Crippen LogP contribution in [0.1, 0.15) is 50.3 Å². The van der Waals surface area contributed by atoms with Crippen LogP contribution in [0.4, 0.5) is 11.6 Å². The number of nitrogens with zero attached hydrogens (tertiary/aromatic N) is 6. The van der Waals surface area contributed by atoms with Gasteiger partial charge in [-0.1, -0.05) is 0 Å². The van der Waals surface area contributed by atoms with E-state index in [1.54, 1.807) is 0 Å². The van der Waals surface area contributed by atoms with E-state index in [-0.39, 0.29) is 6.10 Å². The molecule has 3 fully saturated rings. The molecule has 0 atom stereocenters. The van der Waals surface area contributed by atoms with Crippen LogP contribution in [0.15, 0.2) is 12.4 Å². The van der Waals surface area contributed by atoms with Gasteiger partial charge in [-0.25, -0.2) is 0 Å². The van der Waals surface area contributed by atoms with E-state index in [4.69, 9.17) is 24.2 Å². The van der Waals surface area contributed by atoms with E-state index in [1.807, 2.05) is 24.0 Å². The van der Waals surface area contributed by atoms with Gasteiger partial charge >= 0.3 is 0 Å². The minimum absolute atomic E-state index is 0.161. The second-order valence-electron chi connectivity index (χ2n) is 9.67. The molecule has 3 aromatic rings. The summed E-state index contributed by atoms with van der Waals surface area (Å²) in [6.45, 7) is 7.35. The maximum absolute atomic E-state index is 6.52. The Bertz CT molecular complexity index is 1130. The third-order valence-corrected chi connectivity index (χ3v) is 8.21. The van der Waals surface area contributed by atoms with Crippen molar-refractivity contribution in [3.05, 3.63) is 18.1 Å². The zero-order chi connectivity index (χ0) is 23.6. The minimum atomic E-state index is 0.161. The zero-order valence-corrected chi connectivity index (χ0v) is 21.0. The van der Waals surface area contributed by atoms with Crippen molar-refractivity contribution in [3.8, 4) is 5.88 Å². The first kappa shape index (κ1) is 23.1. The highest BCUT2D eigenvalue weighted by atomic mass is 32.1. The molecule has 3 aromatic heterocycles. The summed E-state index contributed by atoms with van der Waals surface area (Å²) >= 11 is 1.39. The van der Waals surface area contributed by atoms with Crippen LogP contribution in [-0.2, 0) is 9.47 Å². The van der Waals surface area contributed by atoms with Crippen molar-refractivity contribution >= 4 is 33.4 Å². The number of aryl methyl sites for hydroxylation is 1. The van der Waals surface area contributed by atoms with E-state index < -0.39 is 0 Å². The van der Waals surface area contributed by atoms with Gasteiger partial charge in [0.1, 0.15) is 6.10 Å². The molecule has 10 nitrogen and oxygen atoms in total. The molecule has 0 amide bonds. The topological polar surface area (TPSA) is 99.5 Å². The normalized spacial score (nSPS) is 24.6. The highest BCUT2D eigenvalue weighted by molar-refractivity contribution is 7.13. The molecule has 0 radical (unpaired) electrons. The predicted octanol–water partition coefficient (Wildman–Crippen LogP) is 3.71. The smallest absolute Gasteiger partial charge is 0.232 e. The van der Waals surface area contributed by atoms with Crippen molar-refractivity contribution in [1.29, 1.82) is 0 Å². The molecule has 1 aliphatic carbocycles. The standard InChI is InChI=1S/C24H33N7O3S/c1-16-21-22(34-20-4-2-18(3-5-20)30-8-12-33-13-9-30)27-24(28-23(21)35-29-16)26-17-14-25-31(15-17)19-6-10-32-11-7-19/h14-15,18-20H,2-13H2,1H3,(H,26,27,28). The molecule has 0 bridgehead atoms. The first-order valence-corrected chi connectivity index (χ1v) is 13.5. The highest BCUT2D eigenvalue weighted by Crippen LogP contribution is 2.34. The quantitative estimate of drug-likeness (QED) is 0.544. The van der Waals surface area contributed by atoms with Gasteiger partial charge in [0, 0.05) is 38.5 Å². The van der Waals surface area contributed by atoms with Gasteiger partial charge in [-0.3, -0.25) is 9.58 Å². The fraction of sp³-hybridized carbons (Fsp3) is 0.667. The van der Waals surface area contributed by atoms with Crippen LogP contribution < -0.4 is 10.1 Å². The number of anilines is 2. The van der Waals surface area contributed by atoms with Crippen molar-refractivity contribution in [3.63, 3.8) is 0 Å². The van der Waals surface area contributed by atoms with E-state index in [0.717, 1.165) is 99.6 Å². The Labute approximate surface area is 209 Å². The van der Waals surface area contributed by atoms with Gasteiger partial charge in [-0.05, 0) is 57.0 Å². The van der Waals surface area contributed by atoms with Crippen LogP contribution in [-0.4, -0.2) is 80.7 Å². The van der Waals surface area contributed by atoms with Crippen LogP contribution >= 0.6 is 11.5 Å². The number of ether oxygens (including phenoxy) is 3. The molecule has 1 saturated carbocycles. The van der Waals surface area contributed by atoms with Crippen molar-refractivity contribution in [2.75, 3.05) is 44.8 Å². The molecule has 6 rings (SSSR count).